The zero-order chi connectivity index (χ0) is 16.8. The average Bonchev–Trinajstić information content (AvgIpc) is 2.49. The molecule has 0 spiro atoms. The fraction of sp³-hybridized carbons (Fsp3) is 0.353. The zero-order valence-electron chi connectivity index (χ0n) is 12.9. The number of rotatable bonds is 4. The normalized spacial score (nSPS) is 14.0. The summed E-state index contributed by atoms with van der Waals surface area (Å²) in [5.41, 5.74) is 2.39. The molecule has 0 atom stereocenters. The topological polar surface area (TPSA) is 86.7 Å². The van der Waals surface area contributed by atoms with Crippen molar-refractivity contribution in [2.75, 3.05) is 11.4 Å². The number of carbonyl (C=O) groups is 3. The summed E-state index contributed by atoms with van der Waals surface area (Å²) < 4.78 is 0. The van der Waals surface area contributed by atoms with Gasteiger partial charge in [-0.05, 0) is 31.0 Å². The Morgan fingerprint density at radius 3 is 2.87 bits per heavy atom. The van der Waals surface area contributed by atoms with Gasteiger partial charge in [0.25, 0.3) is 0 Å². The first kappa shape index (κ1) is 16.6. The summed E-state index contributed by atoms with van der Waals surface area (Å²) >= 11 is 0. The number of nitrogens with zero attached hydrogens (tertiary/aromatic N) is 1. The van der Waals surface area contributed by atoms with Crippen LogP contribution in [0, 0.1) is 18.8 Å². The first-order valence-electron chi connectivity index (χ1n) is 7.40. The number of carboxylic acid groups (broad SMARTS) is 1. The number of carboxylic acids is 1. The summed E-state index contributed by atoms with van der Waals surface area (Å²) in [5.74, 6) is 4.89. The van der Waals surface area contributed by atoms with Crippen LogP contribution in [0.1, 0.15) is 36.8 Å². The van der Waals surface area contributed by atoms with E-state index in [1.54, 1.807) is 0 Å². The number of aliphatic carboxylic acids is 1. The second kappa shape index (κ2) is 7.45. The number of amides is 3. The predicted molar refractivity (Wildman–Crippen MR) is 85.0 cm³/mol. The van der Waals surface area contributed by atoms with Crippen LogP contribution in [-0.4, -0.2) is 29.6 Å². The molecule has 6 heteroatoms. The minimum atomic E-state index is -0.823. The molecule has 0 aromatic heterocycles. The molecule has 3 amide bonds. The molecule has 0 bridgehead atoms. The van der Waals surface area contributed by atoms with Crippen molar-refractivity contribution in [3.63, 3.8) is 0 Å². The van der Waals surface area contributed by atoms with Crippen LogP contribution in [0.4, 0.5) is 10.5 Å². The Kier molecular flexibility index (Phi) is 5.36. The number of carbonyl (C=O) groups excluding carboxylic acids is 2. The fourth-order valence-electron chi connectivity index (χ4n) is 2.33. The van der Waals surface area contributed by atoms with Gasteiger partial charge in [0.2, 0.25) is 5.91 Å². The standard InChI is InChI=1S/C17H18N2O4/c1-12-13(6-3-2-4-9-16(21)22)7-5-8-14(12)19-11-10-15(20)18-17(19)23/h5,7-8H,2,4,9-11H2,1H3,(H,21,22)(H,18,20,23). The highest BCUT2D eigenvalue weighted by Crippen LogP contribution is 2.24. The van der Waals surface area contributed by atoms with Crippen molar-refractivity contribution in [3.05, 3.63) is 29.3 Å². The molecule has 1 aliphatic rings. The first-order chi connectivity index (χ1) is 11.0. The van der Waals surface area contributed by atoms with Gasteiger partial charge in [0.05, 0.1) is 0 Å². The van der Waals surface area contributed by atoms with Crippen LogP contribution in [0.5, 0.6) is 0 Å². The molecule has 23 heavy (non-hydrogen) atoms. The number of hydrogen-bond acceptors (Lipinski definition) is 3. The van der Waals surface area contributed by atoms with E-state index >= 15 is 0 Å². The van der Waals surface area contributed by atoms with E-state index in [4.69, 9.17) is 5.11 Å². The van der Waals surface area contributed by atoms with Crippen molar-refractivity contribution in [2.45, 2.75) is 32.6 Å². The van der Waals surface area contributed by atoms with E-state index in [1.165, 1.54) is 4.90 Å². The van der Waals surface area contributed by atoms with Crippen molar-refractivity contribution in [1.29, 1.82) is 0 Å². The predicted octanol–water partition coefficient (Wildman–Crippen LogP) is 2.05. The summed E-state index contributed by atoms with van der Waals surface area (Å²) in [6.45, 7) is 2.22. The Balaban J connectivity index is 2.12. The molecule has 1 aromatic carbocycles. The third-order valence-electron chi connectivity index (χ3n) is 3.57. The van der Waals surface area contributed by atoms with E-state index < -0.39 is 12.0 Å². The van der Waals surface area contributed by atoms with E-state index in [0.29, 0.717) is 19.4 Å². The molecule has 1 heterocycles. The van der Waals surface area contributed by atoms with Gasteiger partial charge >= 0.3 is 12.0 Å². The van der Waals surface area contributed by atoms with Crippen LogP contribution in [0.3, 0.4) is 0 Å². The number of urea groups is 1. The summed E-state index contributed by atoms with van der Waals surface area (Å²) in [6, 6.07) is 5.07. The molecule has 2 N–H and O–H groups in total. The number of imide groups is 1. The van der Waals surface area contributed by atoms with Crippen molar-refractivity contribution in [3.8, 4) is 11.8 Å². The first-order valence-corrected chi connectivity index (χ1v) is 7.40. The summed E-state index contributed by atoms with van der Waals surface area (Å²) in [4.78, 5) is 35.1. The third kappa shape index (κ3) is 4.33. The molecule has 0 aliphatic carbocycles. The minimum Gasteiger partial charge on any atom is -0.481 e. The molecular weight excluding hydrogens is 296 g/mol. The quantitative estimate of drug-likeness (QED) is 0.658. The maximum atomic E-state index is 11.9. The minimum absolute atomic E-state index is 0.107. The van der Waals surface area contributed by atoms with E-state index in [-0.39, 0.29) is 18.7 Å². The second-order valence-electron chi connectivity index (χ2n) is 5.25. The van der Waals surface area contributed by atoms with Gasteiger partial charge in [0.15, 0.2) is 0 Å². The van der Waals surface area contributed by atoms with Crippen LogP contribution < -0.4 is 10.2 Å². The lowest BCUT2D eigenvalue weighted by atomic mass is 10.1. The maximum Gasteiger partial charge on any atom is 0.328 e. The van der Waals surface area contributed by atoms with E-state index in [9.17, 15) is 14.4 Å². The highest BCUT2D eigenvalue weighted by atomic mass is 16.4. The summed E-state index contributed by atoms with van der Waals surface area (Å²) in [5, 5.41) is 10.9. The lowest BCUT2D eigenvalue weighted by Crippen LogP contribution is -2.49. The Morgan fingerprint density at radius 1 is 1.39 bits per heavy atom. The number of unbranched alkanes of at least 4 members (excludes halogenated alkanes) is 1. The SMILES string of the molecule is Cc1c(C#CCCCC(=O)O)cccc1N1CCC(=O)NC1=O. The largest absolute Gasteiger partial charge is 0.481 e. The van der Waals surface area contributed by atoms with Crippen LogP contribution in [-0.2, 0) is 9.59 Å². The highest BCUT2D eigenvalue weighted by molar-refractivity contribution is 6.06. The van der Waals surface area contributed by atoms with Crippen molar-refractivity contribution < 1.29 is 19.5 Å². The van der Waals surface area contributed by atoms with Gasteiger partial charge in [-0.3, -0.25) is 19.8 Å². The van der Waals surface area contributed by atoms with Crippen LogP contribution in [0.15, 0.2) is 18.2 Å². The molecule has 120 valence electrons. The Morgan fingerprint density at radius 2 is 2.17 bits per heavy atom. The van der Waals surface area contributed by atoms with E-state index in [0.717, 1.165) is 16.8 Å². The fourth-order valence-corrected chi connectivity index (χ4v) is 2.33. The zero-order valence-corrected chi connectivity index (χ0v) is 12.9. The third-order valence-corrected chi connectivity index (χ3v) is 3.57. The lowest BCUT2D eigenvalue weighted by molar-refractivity contribution is -0.137. The van der Waals surface area contributed by atoms with Gasteiger partial charge in [-0.15, -0.1) is 0 Å². The molecule has 0 saturated carbocycles. The Hall–Kier alpha value is -2.81. The number of anilines is 1. The van der Waals surface area contributed by atoms with Gasteiger partial charge < -0.3 is 5.11 Å². The van der Waals surface area contributed by atoms with Gasteiger partial charge in [0, 0.05) is 37.1 Å². The van der Waals surface area contributed by atoms with E-state index in [2.05, 4.69) is 17.2 Å². The van der Waals surface area contributed by atoms with Gasteiger partial charge in [0.1, 0.15) is 0 Å². The van der Waals surface area contributed by atoms with Gasteiger partial charge in [-0.1, -0.05) is 17.9 Å². The summed E-state index contributed by atoms with van der Waals surface area (Å²) in [6.07, 6.45) is 1.40. The Labute approximate surface area is 134 Å². The van der Waals surface area contributed by atoms with E-state index in [1.807, 2.05) is 25.1 Å². The molecule has 0 unspecified atom stereocenters. The lowest BCUT2D eigenvalue weighted by Gasteiger charge is -2.28. The molecule has 0 radical (unpaired) electrons. The highest BCUT2D eigenvalue weighted by Gasteiger charge is 2.25. The molecule has 1 fully saturated rings. The maximum absolute atomic E-state index is 11.9. The molecular formula is C17H18N2O4. The van der Waals surface area contributed by atoms with Crippen LogP contribution in [0.25, 0.3) is 0 Å². The molecule has 2 rings (SSSR count). The smallest absolute Gasteiger partial charge is 0.328 e. The molecule has 1 saturated heterocycles. The number of hydrogen-bond donors (Lipinski definition) is 2. The van der Waals surface area contributed by atoms with Crippen molar-refractivity contribution >= 4 is 23.6 Å². The Bertz CT molecular complexity index is 700. The number of benzene rings is 1. The number of nitrogens with one attached hydrogen (secondary N) is 1. The monoisotopic (exact) mass is 314 g/mol. The summed E-state index contributed by atoms with van der Waals surface area (Å²) in [7, 11) is 0. The van der Waals surface area contributed by atoms with Crippen LogP contribution in [0.2, 0.25) is 0 Å². The molecule has 1 aromatic rings. The van der Waals surface area contributed by atoms with Crippen molar-refractivity contribution in [2.24, 2.45) is 0 Å². The van der Waals surface area contributed by atoms with Crippen LogP contribution >= 0.6 is 0 Å². The van der Waals surface area contributed by atoms with Gasteiger partial charge in [-0.25, -0.2) is 4.79 Å². The van der Waals surface area contributed by atoms with Crippen molar-refractivity contribution in [1.82, 2.24) is 5.32 Å². The van der Waals surface area contributed by atoms with Gasteiger partial charge in [-0.2, -0.15) is 0 Å². The molecule has 6 nitrogen and oxygen atoms in total. The second-order valence-corrected chi connectivity index (χ2v) is 5.25. The molecule has 1 aliphatic heterocycles. The average molecular weight is 314 g/mol.